The molecule has 0 aliphatic carbocycles. The van der Waals surface area contributed by atoms with Crippen molar-refractivity contribution in [2.24, 2.45) is 0 Å². The minimum Gasteiger partial charge on any atom is -0.463 e. The molecule has 0 radical (unpaired) electrons. The number of pyridine rings is 1. The fourth-order valence-electron chi connectivity index (χ4n) is 2.15. The van der Waals surface area contributed by atoms with Crippen LogP contribution in [0.4, 0.5) is 4.79 Å². The standard InChI is InChI=1S/C13H16BN3O4/c1-12(2)13(3,4)21-14(20-12)9-6-5-8-7-15-17(11(18)19)10(8)16-9/h5-7H,1-4H3,(H,18,19). The fourth-order valence-corrected chi connectivity index (χ4v) is 2.15. The van der Waals surface area contributed by atoms with Crippen LogP contribution in [0.15, 0.2) is 18.3 Å². The Hall–Kier alpha value is -1.93. The molecule has 0 amide bonds. The van der Waals surface area contributed by atoms with Crippen LogP contribution >= 0.6 is 0 Å². The van der Waals surface area contributed by atoms with Crippen LogP contribution in [-0.2, 0) is 9.31 Å². The summed E-state index contributed by atoms with van der Waals surface area (Å²) in [4.78, 5) is 15.5. The fraction of sp³-hybridized carbons (Fsp3) is 0.462. The summed E-state index contributed by atoms with van der Waals surface area (Å²) in [5.74, 6) is 0. The topological polar surface area (TPSA) is 86.5 Å². The van der Waals surface area contributed by atoms with Gasteiger partial charge >= 0.3 is 13.2 Å². The Bertz CT molecular complexity index is 709. The average Bonchev–Trinajstić information content (AvgIpc) is 2.87. The lowest BCUT2D eigenvalue weighted by molar-refractivity contribution is 0.00578. The number of fused-ring (bicyclic) bond motifs is 1. The zero-order valence-electron chi connectivity index (χ0n) is 12.3. The van der Waals surface area contributed by atoms with Gasteiger partial charge in [0.1, 0.15) is 0 Å². The molecule has 1 fully saturated rings. The van der Waals surface area contributed by atoms with E-state index in [0.717, 1.165) is 4.68 Å². The van der Waals surface area contributed by atoms with E-state index in [9.17, 15) is 4.79 Å². The van der Waals surface area contributed by atoms with Gasteiger partial charge in [0.2, 0.25) is 0 Å². The Morgan fingerprint density at radius 2 is 1.86 bits per heavy atom. The van der Waals surface area contributed by atoms with Crippen molar-refractivity contribution < 1.29 is 19.2 Å². The number of rotatable bonds is 1. The largest absolute Gasteiger partial charge is 0.514 e. The van der Waals surface area contributed by atoms with Crippen LogP contribution < -0.4 is 5.59 Å². The van der Waals surface area contributed by atoms with Gasteiger partial charge < -0.3 is 14.4 Å². The van der Waals surface area contributed by atoms with Crippen LogP contribution in [0.5, 0.6) is 0 Å². The summed E-state index contributed by atoms with van der Waals surface area (Å²) < 4.78 is 12.7. The molecule has 1 saturated heterocycles. The number of carbonyl (C=O) groups is 1. The third-order valence-electron chi connectivity index (χ3n) is 4.12. The van der Waals surface area contributed by atoms with Gasteiger partial charge in [0, 0.05) is 5.39 Å². The van der Waals surface area contributed by atoms with Gasteiger partial charge in [-0.05, 0) is 39.8 Å². The second kappa shape index (κ2) is 4.28. The van der Waals surface area contributed by atoms with E-state index in [1.54, 1.807) is 12.1 Å². The van der Waals surface area contributed by atoms with Gasteiger partial charge in [0.25, 0.3) is 0 Å². The summed E-state index contributed by atoms with van der Waals surface area (Å²) in [5.41, 5.74) is -0.137. The molecule has 21 heavy (non-hydrogen) atoms. The smallest absolute Gasteiger partial charge is 0.463 e. The average molecular weight is 289 g/mol. The van der Waals surface area contributed by atoms with E-state index in [1.165, 1.54) is 6.20 Å². The lowest BCUT2D eigenvalue weighted by Gasteiger charge is -2.32. The predicted molar refractivity (Wildman–Crippen MR) is 76.7 cm³/mol. The summed E-state index contributed by atoms with van der Waals surface area (Å²) >= 11 is 0. The third kappa shape index (κ3) is 2.11. The van der Waals surface area contributed by atoms with Gasteiger partial charge in [-0.1, -0.05) is 0 Å². The van der Waals surface area contributed by atoms with Gasteiger partial charge in [-0.3, -0.25) is 0 Å². The number of hydrogen-bond donors (Lipinski definition) is 1. The molecule has 7 nitrogen and oxygen atoms in total. The SMILES string of the molecule is CC1(C)OB(c2ccc3cnn(C(=O)O)c3n2)OC1(C)C. The van der Waals surface area contributed by atoms with E-state index in [2.05, 4.69) is 10.1 Å². The van der Waals surface area contributed by atoms with Crippen molar-refractivity contribution >= 4 is 29.8 Å². The Kier molecular flexibility index (Phi) is 2.86. The highest BCUT2D eigenvalue weighted by atomic mass is 16.7. The molecule has 110 valence electrons. The second-order valence-corrected chi connectivity index (χ2v) is 6.08. The number of carboxylic acid groups (broad SMARTS) is 1. The van der Waals surface area contributed by atoms with Crippen LogP contribution in [0.25, 0.3) is 11.0 Å². The first-order chi connectivity index (χ1) is 9.71. The van der Waals surface area contributed by atoms with Crippen molar-refractivity contribution in [3.05, 3.63) is 18.3 Å². The molecule has 0 unspecified atom stereocenters. The van der Waals surface area contributed by atoms with Gasteiger partial charge in [-0.2, -0.15) is 5.10 Å². The van der Waals surface area contributed by atoms with E-state index in [0.29, 0.717) is 11.0 Å². The first kappa shape index (κ1) is 14.0. The third-order valence-corrected chi connectivity index (χ3v) is 4.12. The molecule has 1 N–H and O–H groups in total. The summed E-state index contributed by atoms with van der Waals surface area (Å²) in [6.45, 7) is 7.81. The van der Waals surface area contributed by atoms with Crippen molar-refractivity contribution in [1.29, 1.82) is 0 Å². The molecule has 1 aliphatic rings. The van der Waals surface area contributed by atoms with Crippen molar-refractivity contribution in [2.75, 3.05) is 0 Å². The van der Waals surface area contributed by atoms with E-state index in [1.807, 2.05) is 27.7 Å². The molecule has 0 bridgehead atoms. The number of nitrogens with zero attached hydrogens (tertiary/aromatic N) is 3. The monoisotopic (exact) mass is 289 g/mol. The van der Waals surface area contributed by atoms with E-state index in [-0.39, 0.29) is 5.65 Å². The molecule has 8 heteroatoms. The quantitative estimate of drug-likeness (QED) is 0.795. The minimum atomic E-state index is -1.18. The van der Waals surface area contributed by atoms with E-state index >= 15 is 0 Å². The summed E-state index contributed by atoms with van der Waals surface area (Å²) in [6.07, 6.45) is 0.286. The highest BCUT2D eigenvalue weighted by Crippen LogP contribution is 2.36. The summed E-state index contributed by atoms with van der Waals surface area (Å²) in [6, 6.07) is 3.52. The first-order valence-electron chi connectivity index (χ1n) is 6.65. The van der Waals surface area contributed by atoms with Gasteiger partial charge in [0.15, 0.2) is 5.65 Å². The molecule has 0 aromatic carbocycles. The number of hydrogen-bond acceptors (Lipinski definition) is 5. The highest BCUT2D eigenvalue weighted by molar-refractivity contribution is 6.61. The maximum atomic E-state index is 11.1. The molecule has 2 aromatic heterocycles. The zero-order valence-corrected chi connectivity index (χ0v) is 12.3. The molecule has 0 atom stereocenters. The lowest BCUT2D eigenvalue weighted by atomic mass is 9.84. The molecule has 3 rings (SSSR count). The van der Waals surface area contributed by atoms with E-state index in [4.69, 9.17) is 14.4 Å². The van der Waals surface area contributed by atoms with Crippen molar-refractivity contribution in [3.8, 4) is 0 Å². The summed E-state index contributed by atoms with van der Waals surface area (Å²) in [7, 11) is -0.628. The van der Waals surface area contributed by atoms with Crippen LogP contribution in [0.1, 0.15) is 27.7 Å². The minimum absolute atomic E-state index is 0.273. The molecule has 1 aliphatic heterocycles. The predicted octanol–water partition coefficient (Wildman–Crippen LogP) is 1.26. The van der Waals surface area contributed by atoms with Crippen molar-refractivity contribution in [2.45, 2.75) is 38.9 Å². The first-order valence-corrected chi connectivity index (χ1v) is 6.65. The van der Waals surface area contributed by atoms with Crippen molar-refractivity contribution in [3.63, 3.8) is 0 Å². The zero-order chi connectivity index (χ0) is 15.4. The Morgan fingerprint density at radius 1 is 1.24 bits per heavy atom. The Morgan fingerprint density at radius 3 is 2.43 bits per heavy atom. The number of aromatic nitrogens is 3. The maximum absolute atomic E-state index is 11.1. The van der Waals surface area contributed by atoms with E-state index < -0.39 is 24.4 Å². The van der Waals surface area contributed by atoms with Gasteiger partial charge in [-0.25, -0.2) is 9.78 Å². The molecular formula is C13H16BN3O4. The molecule has 0 spiro atoms. The Balaban J connectivity index is 2.03. The highest BCUT2D eigenvalue weighted by Gasteiger charge is 2.52. The maximum Gasteiger partial charge on any atom is 0.514 e. The molecular weight excluding hydrogens is 273 g/mol. The van der Waals surface area contributed by atoms with Crippen LogP contribution in [-0.4, -0.2) is 44.3 Å². The van der Waals surface area contributed by atoms with Gasteiger partial charge in [-0.15, -0.1) is 4.68 Å². The van der Waals surface area contributed by atoms with Crippen LogP contribution in [0.2, 0.25) is 0 Å². The normalized spacial score (nSPS) is 20.1. The molecule has 2 aromatic rings. The van der Waals surface area contributed by atoms with Crippen molar-refractivity contribution in [1.82, 2.24) is 14.8 Å². The van der Waals surface area contributed by atoms with Crippen LogP contribution in [0, 0.1) is 0 Å². The summed E-state index contributed by atoms with van der Waals surface area (Å²) in [5, 5.41) is 13.5. The second-order valence-electron chi connectivity index (χ2n) is 6.08. The lowest BCUT2D eigenvalue weighted by Crippen LogP contribution is -2.41. The Labute approximate surface area is 122 Å². The molecule has 0 saturated carbocycles. The van der Waals surface area contributed by atoms with Gasteiger partial charge in [0.05, 0.1) is 23.0 Å². The molecule has 3 heterocycles. The van der Waals surface area contributed by atoms with Crippen LogP contribution in [0.3, 0.4) is 0 Å².